The second-order valence-electron chi connectivity index (χ2n) is 7.20. The first-order valence-electron chi connectivity index (χ1n) is 10.2. The number of carbonyl (C=O) groups is 1. The monoisotopic (exact) mass is 438 g/mol. The lowest BCUT2D eigenvalue weighted by atomic mass is 9.97. The van der Waals surface area contributed by atoms with Crippen LogP contribution in [0, 0.1) is 16.0 Å². The first-order valence-corrected chi connectivity index (χ1v) is 10.2. The lowest BCUT2D eigenvalue weighted by Gasteiger charge is -2.31. The fourth-order valence-electron chi connectivity index (χ4n) is 3.57. The number of nitro groups is 1. The fraction of sp³-hybridized carbons (Fsp3) is 0.333. The molecule has 0 atom stereocenters. The number of aromatic nitrogens is 4. The van der Waals surface area contributed by atoms with Crippen molar-refractivity contribution in [2.45, 2.75) is 19.8 Å². The zero-order valence-corrected chi connectivity index (χ0v) is 17.5. The van der Waals surface area contributed by atoms with Gasteiger partial charge in [0.2, 0.25) is 11.7 Å². The van der Waals surface area contributed by atoms with E-state index in [0.29, 0.717) is 38.3 Å². The molecule has 0 bridgehead atoms. The number of rotatable bonds is 7. The van der Waals surface area contributed by atoms with Gasteiger partial charge < -0.3 is 14.4 Å². The van der Waals surface area contributed by atoms with Crippen molar-refractivity contribution in [3.05, 3.63) is 59.2 Å². The summed E-state index contributed by atoms with van der Waals surface area (Å²) < 4.78 is 12.5. The third kappa shape index (κ3) is 4.66. The number of esters is 1. The van der Waals surface area contributed by atoms with Gasteiger partial charge in [0.1, 0.15) is 18.4 Å². The van der Waals surface area contributed by atoms with Gasteiger partial charge in [0.15, 0.2) is 0 Å². The van der Waals surface area contributed by atoms with Crippen LogP contribution < -0.4 is 9.64 Å². The van der Waals surface area contributed by atoms with Crippen LogP contribution in [0.3, 0.4) is 0 Å². The van der Waals surface area contributed by atoms with E-state index in [0.717, 1.165) is 5.69 Å². The molecular weight excluding hydrogens is 416 g/mol. The van der Waals surface area contributed by atoms with Crippen LogP contribution in [0.25, 0.3) is 5.69 Å². The predicted molar refractivity (Wildman–Crippen MR) is 114 cm³/mol. The number of ether oxygens (including phenoxy) is 2. The van der Waals surface area contributed by atoms with Gasteiger partial charge in [0.25, 0.3) is 0 Å². The van der Waals surface area contributed by atoms with Gasteiger partial charge in [-0.05, 0) is 44.0 Å². The zero-order valence-electron chi connectivity index (χ0n) is 17.5. The highest BCUT2D eigenvalue weighted by molar-refractivity contribution is 5.73. The van der Waals surface area contributed by atoms with Crippen molar-refractivity contribution >= 4 is 17.5 Å². The van der Waals surface area contributed by atoms with Crippen molar-refractivity contribution in [2.75, 3.05) is 24.6 Å². The Morgan fingerprint density at radius 2 is 1.94 bits per heavy atom. The predicted octanol–water partition coefficient (Wildman–Crippen LogP) is 3.14. The number of carbonyl (C=O) groups excluding carboxylic acids is 1. The van der Waals surface area contributed by atoms with E-state index in [1.807, 2.05) is 17.0 Å². The molecule has 0 saturated carbocycles. The first-order chi connectivity index (χ1) is 15.5. The Morgan fingerprint density at radius 3 is 2.56 bits per heavy atom. The first kappa shape index (κ1) is 21.2. The van der Waals surface area contributed by atoms with E-state index in [4.69, 9.17) is 9.47 Å². The Kier molecular flexibility index (Phi) is 6.24. The maximum atomic E-state index is 12.0. The quantitative estimate of drug-likeness (QED) is 0.311. The molecule has 2 aromatic heterocycles. The zero-order chi connectivity index (χ0) is 22.5. The lowest BCUT2D eigenvalue weighted by Crippen LogP contribution is -2.37. The molecule has 0 spiro atoms. The maximum Gasteiger partial charge on any atom is 0.311 e. The SMILES string of the molecule is CCOC(=O)C1CCN(c2nc(Oc3ccc(-n4cncn4)cc3)ccc2[N+](=O)[O-])CC1. The molecule has 3 heterocycles. The Bertz CT molecular complexity index is 1080. The van der Waals surface area contributed by atoms with E-state index in [-0.39, 0.29) is 29.3 Å². The molecule has 0 N–H and O–H groups in total. The Labute approximate surface area is 183 Å². The number of hydrogen-bond donors (Lipinski definition) is 0. The summed E-state index contributed by atoms with van der Waals surface area (Å²) in [4.78, 5) is 33.2. The van der Waals surface area contributed by atoms with Crippen molar-refractivity contribution in [2.24, 2.45) is 5.92 Å². The highest BCUT2D eigenvalue weighted by Gasteiger charge is 2.30. The van der Waals surface area contributed by atoms with E-state index >= 15 is 0 Å². The van der Waals surface area contributed by atoms with Gasteiger partial charge in [0.05, 0.1) is 23.1 Å². The Morgan fingerprint density at radius 1 is 1.19 bits per heavy atom. The second-order valence-corrected chi connectivity index (χ2v) is 7.20. The van der Waals surface area contributed by atoms with Gasteiger partial charge in [-0.15, -0.1) is 0 Å². The molecule has 166 valence electrons. The summed E-state index contributed by atoms with van der Waals surface area (Å²) in [5.74, 6) is 0.581. The molecule has 1 fully saturated rings. The largest absolute Gasteiger partial charge is 0.466 e. The number of hydrogen-bond acceptors (Lipinski definition) is 9. The fourth-order valence-corrected chi connectivity index (χ4v) is 3.57. The molecule has 0 amide bonds. The van der Waals surface area contributed by atoms with Gasteiger partial charge in [-0.2, -0.15) is 10.1 Å². The standard InChI is InChI=1S/C21H22N6O5/c1-2-31-21(28)15-9-11-25(12-10-15)20-18(27(29)30)7-8-19(24-20)32-17-5-3-16(4-6-17)26-14-22-13-23-26/h3-8,13-15H,2,9-12H2,1H3. The summed E-state index contributed by atoms with van der Waals surface area (Å²) >= 11 is 0. The van der Waals surface area contributed by atoms with Crippen LogP contribution in [0.15, 0.2) is 49.1 Å². The van der Waals surface area contributed by atoms with E-state index in [9.17, 15) is 14.9 Å². The number of benzene rings is 1. The van der Waals surface area contributed by atoms with Gasteiger partial charge in [-0.3, -0.25) is 14.9 Å². The van der Waals surface area contributed by atoms with Gasteiger partial charge in [-0.1, -0.05) is 0 Å². The minimum absolute atomic E-state index is 0.103. The molecule has 1 aromatic carbocycles. The summed E-state index contributed by atoms with van der Waals surface area (Å²) in [5.41, 5.74) is 0.713. The van der Waals surface area contributed by atoms with Crippen molar-refractivity contribution in [1.29, 1.82) is 0 Å². The minimum Gasteiger partial charge on any atom is -0.466 e. The molecule has 1 aliphatic rings. The molecule has 0 radical (unpaired) electrons. The number of piperidine rings is 1. The van der Waals surface area contributed by atoms with Crippen molar-refractivity contribution in [3.8, 4) is 17.3 Å². The van der Waals surface area contributed by atoms with Gasteiger partial charge >= 0.3 is 11.7 Å². The van der Waals surface area contributed by atoms with E-state index in [1.165, 1.54) is 18.5 Å². The molecule has 11 heteroatoms. The number of pyridine rings is 1. The van der Waals surface area contributed by atoms with E-state index < -0.39 is 4.92 Å². The van der Waals surface area contributed by atoms with Crippen LogP contribution >= 0.6 is 0 Å². The summed E-state index contributed by atoms with van der Waals surface area (Å²) in [7, 11) is 0. The summed E-state index contributed by atoms with van der Waals surface area (Å²) in [6.07, 6.45) is 4.13. The third-order valence-electron chi connectivity index (χ3n) is 5.18. The van der Waals surface area contributed by atoms with E-state index in [2.05, 4.69) is 15.1 Å². The number of nitrogens with zero attached hydrogens (tertiary/aromatic N) is 6. The smallest absolute Gasteiger partial charge is 0.311 e. The van der Waals surface area contributed by atoms with Crippen LogP contribution in [-0.2, 0) is 9.53 Å². The van der Waals surface area contributed by atoms with Gasteiger partial charge in [0, 0.05) is 25.2 Å². The number of anilines is 1. The highest BCUT2D eigenvalue weighted by Crippen LogP contribution is 2.33. The molecular formula is C21H22N6O5. The maximum absolute atomic E-state index is 12.0. The molecule has 4 rings (SSSR count). The minimum atomic E-state index is -0.462. The van der Waals surface area contributed by atoms with Crippen molar-refractivity contribution < 1.29 is 19.2 Å². The van der Waals surface area contributed by atoms with Gasteiger partial charge in [-0.25, -0.2) is 9.67 Å². The van der Waals surface area contributed by atoms with Crippen LogP contribution in [0.2, 0.25) is 0 Å². The Balaban J connectivity index is 1.50. The second kappa shape index (κ2) is 9.41. The molecule has 0 aliphatic carbocycles. The van der Waals surface area contributed by atoms with Crippen LogP contribution in [0.4, 0.5) is 11.5 Å². The molecule has 1 saturated heterocycles. The highest BCUT2D eigenvalue weighted by atomic mass is 16.6. The van der Waals surface area contributed by atoms with E-state index in [1.54, 1.807) is 30.1 Å². The average Bonchev–Trinajstić information content (AvgIpc) is 3.35. The van der Waals surface area contributed by atoms with Crippen LogP contribution in [-0.4, -0.2) is 50.3 Å². The average molecular weight is 438 g/mol. The third-order valence-corrected chi connectivity index (χ3v) is 5.18. The summed E-state index contributed by atoms with van der Waals surface area (Å²) in [5, 5.41) is 15.6. The molecule has 0 unspecified atom stereocenters. The normalized spacial score (nSPS) is 14.2. The molecule has 32 heavy (non-hydrogen) atoms. The van der Waals surface area contributed by atoms with Crippen molar-refractivity contribution in [1.82, 2.24) is 19.7 Å². The lowest BCUT2D eigenvalue weighted by molar-refractivity contribution is -0.384. The molecule has 11 nitrogen and oxygen atoms in total. The summed E-state index contributed by atoms with van der Waals surface area (Å²) in [6.45, 7) is 3.04. The van der Waals surface area contributed by atoms with Crippen LogP contribution in [0.5, 0.6) is 11.6 Å². The Hall–Kier alpha value is -4.02. The summed E-state index contributed by atoms with van der Waals surface area (Å²) in [6, 6.07) is 10.00. The topological polar surface area (TPSA) is 126 Å². The van der Waals surface area contributed by atoms with Crippen molar-refractivity contribution in [3.63, 3.8) is 0 Å². The molecule has 1 aliphatic heterocycles. The molecule has 3 aromatic rings. The van der Waals surface area contributed by atoms with Crippen LogP contribution in [0.1, 0.15) is 19.8 Å².